The molecule has 74 valence electrons. The van der Waals surface area contributed by atoms with E-state index in [0.717, 1.165) is 0 Å². The number of hydrogen-bond donors (Lipinski definition) is 0. The molecule has 15 heavy (non-hydrogen) atoms. The van der Waals surface area contributed by atoms with Gasteiger partial charge in [-0.05, 0) is 18.6 Å². The second-order valence-electron chi connectivity index (χ2n) is 2.98. The van der Waals surface area contributed by atoms with Gasteiger partial charge in [0.25, 0.3) is 5.69 Å². The lowest BCUT2D eigenvalue weighted by molar-refractivity contribution is -0.385. The van der Waals surface area contributed by atoms with Crippen LogP contribution in [0.25, 0.3) is 0 Å². The SMILES string of the molecule is Cc1c(CC#N)cc(C#N)cc1[N+](=O)[O-]. The van der Waals surface area contributed by atoms with Crippen LogP contribution in [-0.2, 0) is 6.42 Å². The summed E-state index contributed by atoms with van der Waals surface area (Å²) in [7, 11) is 0. The van der Waals surface area contributed by atoms with E-state index < -0.39 is 4.92 Å². The van der Waals surface area contributed by atoms with Crippen molar-refractivity contribution in [2.45, 2.75) is 13.3 Å². The summed E-state index contributed by atoms with van der Waals surface area (Å²) in [5.41, 5.74) is 1.07. The van der Waals surface area contributed by atoms with E-state index in [1.54, 1.807) is 6.92 Å². The van der Waals surface area contributed by atoms with Crippen molar-refractivity contribution in [3.05, 3.63) is 38.9 Å². The summed E-state index contributed by atoms with van der Waals surface area (Å²) < 4.78 is 0. The predicted octanol–water partition coefficient (Wildman–Crippen LogP) is 1.84. The van der Waals surface area contributed by atoms with Crippen LogP contribution >= 0.6 is 0 Å². The second kappa shape index (κ2) is 4.21. The van der Waals surface area contributed by atoms with E-state index in [-0.39, 0.29) is 17.7 Å². The van der Waals surface area contributed by atoms with E-state index in [0.29, 0.717) is 11.1 Å². The molecule has 5 heteroatoms. The lowest BCUT2D eigenvalue weighted by Crippen LogP contribution is -1.97. The normalized spacial score (nSPS) is 9.00. The van der Waals surface area contributed by atoms with Crippen LogP contribution in [0.4, 0.5) is 5.69 Å². The molecule has 0 atom stereocenters. The zero-order valence-electron chi connectivity index (χ0n) is 8.02. The fourth-order valence-electron chi connectivity index (χ4n) is 1.28. The van der Waals surface area contributed by atoms with Crippen LogP contribution in [0.1, 0.15) is 16.7 Å². The molecule has 0 radical (unpaired) electrons. The molecule has 0 saturated carbocycles. The van der Waals surface area contributed by atoms with Gasteiger partial charge in [0.2, 0.25) is 0 Å². The molecular formula is C10H7N3O2. The molecule has 0 aliphatic heterocycles. The van der Waals surface area contributed by atoms with Crippen LogP contribution in [-0.4, -0.2) is 4.92 Å². The molecule has 0 N–H and O–H groups in total. The highest BCUT2D eigenvalue weighted by molar-refractivity contribution is 5.51. The monoisotopic (exact) mass is 201 g/mol. The zero-order valence-corrected chi connectivity index (χ0v) is 8.02. The summed E-state index contributed by atoms with van der Waals surface area (Å²) in [5.74, 6) is 0. The van der Waals surface area contributed by atoms with E-state index in [2.05, 4.69) is 0 Å². The van der Waals surface area contributed by atoms with Crippen molar-refractivity contribution in [2.24, 2.45) is 0 Å². The molecule has 1 rings (SSSR count). The van der Waals surface area contributed by atoms with E-state index in [9.17, 15) is 10.1 Å². The van der Waals surface area contributed by atoms with Crippen molar-refractivity contribution in [3.63, 3.8) is 0 Å². The van der Waals surface area contributed by atoms with Gasteiger partial charge >= 0.3 is 0 Å². The molecule has 0 heterocycles. The molecule has 0 aliphatic carbocycles. The minimum absolute atomic E-state index is 0.0716. The topological polar surface area (TPSA) is 90.7 Å². The number of benzene rings is 1. The highest BCUT2D eigenvalue weighted by Crippen LogP contribution is 2.23. The number of rotatable bonds is 2. The van der Waals surface area contributed by atoms with Crippen LogP contribution in [0.15, 0.2) is 12.1 Å². The number of hydrogen-bond acceptors (Lipinski definition) is 4. The van der Waals surface area contributed by atoms with E-state index in [1.807, 2.05) is 12.1 Å². The fourth-order valence-corrected chi connectivity index (χ4v) is 1.28. The van der Waals surface area contributed by atoms with Gasteiger partial charge in [0.05, 0.1) is 29.0 Å². The smallest absolute Gasteiger partial charge is 0.258 e. The average molecular weight is 201 g/mol. The van der Waals surface area contributed by atoms with E-state index in [1.165, 1.54) is 12.1 Å². The zero-order chi connectivity index (χ0) is 11.4. The van der Waals surface area contributed by atoms with Gasteiger partial charge in [-0.2, -0.15) is 10.5 Å². The molecule has 0 bridgehead atoms. The first-order chi connectivity index (χ1) is 7.10. The summed E-state index contributed by atoms with van der Waals surface area (Å²) in [5, 5.41) is 27.9. The Bertz CT molecular complexity index is 495. The first-order valence-corrected chi connectivity index (χ1v) is 4.15. The Balaban J connectivity index is 3.43. The van der Waals surface area contributed by atoms with Crippen LogP contribution in [0.2, 0.25) is 0 Å². The summed E-state index contributed by atoms with van der Waals surface area (Å²) >= 11 is 0. The standard InChI is InChI=1S/C10H7N3O2/c1-7-9(2-3-11)4-8(6-12)5-10(7)13(14)15/h4-5H,2H2,1H3. The number of nitriles is 2. The third-order valence-electron chi connectivity index (χ3n) is 2.08. The summed E-state index contributed by atoms with van der Waals surface area (Å²) in [6.45, 7) is 1.58. The highest BCUT2D eigenvalue weighted by Gasteiger charge is 2.15. The van der Waals surface area contributed by atoms with E-state index in [4.69, 9.17) is 10.5 Å². The van der Waals surface area contributed by atoms with Crippen molar-refractivity contribution >= 4 is 5.69 Å². The van der Waals surface area contributed by atoms with Crippen molar-refractivity contribution in [1.82, 2.24) is 0 Å². The molecule has 0 aromatic heterocycles. The van der Waals surface area contributed by atoms with Gasteiger partial charge in [-0.15, -0.1) is 0 Å². The molecule has 5 nitrogen and oxygen atoms in total. The third kappa shape index (κ3) is 2.09. The van der Waals surface area contributed by atoms with Crippen LogP contribution in [0.5, 0.6) is 0 Å². The van der Waals surface area contributed by atoms with Gasteiger partial charge in [0, 0.05) is 11.6 Å². The average Bonchev–Trinajstić information content (AvgIpc) is 2.21. The maximum atomic E-state index is 10.7. The molecule has 0 saturated heterocycles. The molecule has 0 amide bonds. The Hall–Kier alpha value is -2.40. The van der Waals surface area contributed by atoms with Crippen LogP contribution in [0, 0.1) is 39.7 Å². The van der Waals surface area contributed by atoms with Gasteiger partial charge < -0.3 is 0 Å². The third-order valence-corrected chi connectivity index (χ3v) is 2.08. The van der Waals surface area contributed by atoms with Crippen LogP contribution < -0.4 is 0 Å². The lowest BCUT2D eigenvalue weighted by atomic mass is 10.0. The summed E-state index contributed by atoms with van der Waals surface area (Å²) in [4.78, 5) is 10.1. The molecule has 0 fully saturated rings. The summed E-state index contributed by atoms with van der Waals surface area (Å²) in [6.07, 6.45) is 0.0716. The maximum Gasteiger partial charge on any atom is 0.273 e. The Morgan fingerprint density at radius 1 is 1.47 bits per heavy atom. The Labute approximate surface area is 86.3 Å². The van der Waals surface area contributed by atoms with Gasteiger partial charge in [-0.3, -0.25) is 10.1 Å². The first kappa shape index (κ1) is 10.7. The minimum atomic E-state index is -0.545. The number of nitro benzene ring substituents is 1. The van der Waals surface area contributed by atoms with Crippen LogP contribution in [0.3, 0.4) is 0 Å². The molecule has 1 aromatic rings. The van der Waals surface area contributed by atoms with Gasteiger partial charge in [-0.25, -0.2) is 0 Å². The van der Waals surface area contributed by atoms with Crippen molar-refractivity contribution in [2.75, 3.05) is 0 Å². The Kier molecular flexibility index (Phi) is 3.00. The molecule has 0 spiro atoms. The van der Waals surface area contributed by atoms with Crippen molar-refractivity contribution in [1.29, 1.82) is 10.5 Å². The maximum absolute atomic E-state index is 10.7. The van der Waals surface area contributed by atoms with Gasteiger partial charge in [0.15, 0.2) is 0 Å². The predicted molar refractivity (Wildman–Crippen MR) is 51.9 cm³/mol. The largest absolute Gasteiger partial charge is 0.273 e. The van der Waals surface area contributed by atoms with Gasteiger partial charge in [-0.1, -0.05) is 0 Å². The Morgan fingerprint density at radius 2 is 2.13 bits per heavy atom. The lowest BCUT2D eigenvalue weighted by Gasteiger charge is -2.03. The number of nitrogens with zero attached hydrogens (tertiary/aromatic N) is 3. The minimum Gasteiger partial charge on any atom is -0.258 e. The van der Waals surface area contributed by atoms with Gasteiger partial charge in [0.1, 0.15) is 0 Å². The quantitative estimate of drug-likeness (QED) is 0.539. The molecule has 1 aromatic carbocycles. The van der Waals surface area contributed by atoms with E-state index >= 15 is 0 Å². The molecule has 0 unspecified atom stereocenters. The number of nitro groups is 1. The van der Waals surface area contributed by atoms with Crippen molar-refractivity contribution in [3.8, 4) is 12.1 Å². The first-order valence-electron chi connectivity index (χ1n) is 4.15. The molecular weight excluding hydrogens is 194 g/mol. The van der Waals surface area contributed by atoms with Crippen molar-refractivity contribution < 1.29 is 4.92 Å². The second-order valence-corrected chi connectivity index (χ2v) is 2.98. The Morgan fingerprint density at radius 3 is 2.60 bits per heavy atom. The summed E-state index contributed by atoms with van der Waals surface area (Å²) in [6, 6.07) is 6.47. The molecule has 0 aliphatic rings. The fraction of sp³-hybridized carbons (Fsp3) is 0.200. The highest BCUT2D eigenvalue weighted by atomic mass is 16.6.